The van der Waals surface area contributed by atoms with Crippen molar-refractivity contribution in [1.29, 1.82) is 0 Å². The molecule has 1 aromatic heterocycles. The Morgan fingerprint density at radius 2 is 1.75 bits per heavy atom. The Morgan fingerprint density at radius 1 is 1.03 bits per heavy atom. The maximum Gasteiger partial charge on any atom is 0.419 e. The fourth-order valence-electron chi connectivity index (χ4n) is 4.55. The Balaban J connectivity index is 1.30. The molecule has 0 N–H and O–H groups in total. The zero-order chi connectivity index (χ0) is 22.3. The first-order valence-electron chi connectivity index (χ1n) is 10.9. The van der Waals surface area contributed by atoms with Crippen LogP contribution < -0.4 is 10.5 Å². The van der Waals surface area contributed by atoms with Crippen LogP contribution in [-0.4, -0.2) is 46.6 Å². The first kappa shape index (κ1) is 20.4. The Kier molecular flexibility index (Phi) is 5.00. The van der Waals surface area contributed by atoms with Crippen LogP contribution >= 0.6 is 0 Å². The first-order valence-corrected chi connectivity index (χ1v) is 10.9. The van der Waals surface area contributed by atoms with Crippen LogP contribution in [0.4, 0.5) is 0 Å². The number of carbonyl (C=O) groups is 2. The number of hydrogen-bond donors (Lipinski definition) is 0. The zero-order valence-corrected chi connectivity index (χ0v) is 18.0. The molecule has 166 valence electrons. The van der Waals surface area contributed by atoms with Crippen molar-refractivity contribution in [3.8, 4) is 5.75 Å². The summed E-state index contributed by atoms with van der Waals surface area (Å²) in [5.41, 5.74) is 1.56. The molecule has 2 fully saturated rings. The van der Waals surface area contributed by atoms with E-state index in [0.717, 1.165) is 30.6 Å². The lowest BCUT2D eigenvalue weighted by molar-refractivity contribution is -0.159. The maximum atomic E-state index is 13.5. The highest BCUT2D eigenvalue weighted by Crippen LogP contribution is 2.50. The number of amides is 2. The molecule has 0 radical (unpaired) electrons. The molecule has 0 unspecified atom stereocenters. The van der Waals surface area contributed by atoms with Gasteiger partial charge in [0.05, 0.1) is 18.0 Å². The van der Waals surface area contributed by atoms with E-state index in [1.54, 1.807) is 35.3 Å². The molecule has 0 spiro atoms. The molecule has 1 saturated heterocycles. The molecule has 0 bridgehead atoms. The van der Waals surface area contributed by atoms with Gasteiger partial charge in [-0.3, -0.25) is 24.2 Å². The quantitative estimate of drug-likeness (QED) is 0.594. The van der Waals surface area contributed by atoms with Gasteiger partial charge in [0.2, 0.25) is 5.91 Å². The predicted molar refractivity (Wildman–Crippen MR) is 117 cm³/mol. The van der Waals surface area contributed by atoms with Crippen molar-refractivity contribution in [3.05, 3.63) is 64.6 Å². The molecule has 1 aliphatic carbocycles. The highest BCUT2D eigenvalue weighted by Gasteiger charge is 2.54. The summed E-state index contributed by atoms with van der Waals surface area (Å²) in [4.78, 5) is 38.7. The molecule has 2 amide bonds. The number of methoxy groups -OCH3 is 1. The number of ether oxygens (including phenoxy) is 1. The topological polar surface area (TPSA) is 85.0 Å². The fraction of sp³-hybridized carbons (Fsp3) is 0.375. The predicted octanol–water partition coefficient (Wildman–Crippen LogP) is 2.70. The molecular weight excluding hydrogens is 410 g/mol. The van der Waals surface area contributed by atoms with Crippen LogP contribution in [0.2, 0.25) is 0 Å². The van der Waals surface area contributed by atoms with Gasteiger partial charge < -0.3 is 9.15 Å². The van der Waals surface area contributed by atoms with Gasteiger partial charge in [0.25, 0.3) is 5.91 Å². The highest BCUT2D eigenvalue weighted by atomic mass is 16.5. The van der Waals surface area contributed by atoms with Gasteiger partial charge in [-0.1, -0.05) is 24.3 Å². The normalized spacial score (nSPS) is 17.0. The third-order valence-corrected chi connectivity index (χ3v) is 6.48. The Hall–Kier alpha value is -3.55. The second-order valence-electron chi connectivity index (χ2n) is 8.35. The van der Waals surface area contributed by atoms with E-state index in [1.165, 1.54) is 4.57 Å². The Morgan fingerprint density at radius 3 is 2.47 bits per heavy atom. The van der Waals surface area contributed by atoms with Gasteiger partial charge in [-0.2, -0.15) is 0 Å². The van der Waals surface area contributed by atoms with Crippen LogP contribution in [0.15, 0.2) is 57.7 Å². The second kappa shape index (κ2) is 7.85. The molecule has 0 atom stereocenters. The van der Waals surface area contributed by atoms with E-state index in [2.05, 4.69) is 0 Å². The van der Waals surface area contributed by atoms with Crippen molar-refractivity contribution in [2.24, 2.45) is 0 Å². The van der Waals surface area contributed by atoms with Gasteiger partial charge in [-0.05, 0) is 49.1 Å². The van der Waals surface area contributed by atoms with Crippen molar-refractivity contribution in [2.45, 2.75) is 37.6 Å². The van der Waals surface area contributed by atoms with Crippen molar-refractivity contribution < 1.29 is 18.7 Å². The lowest BCUT2D eigenvalue weighted by Crippen LogP contribution is -2.49. The SMILES string of the molecule is COc1ccc(C2(C(=O)N3CCCN3C(=O)CCn3c(=O)oc4ccccc43)CC2)cc1. The maximum absolute atomic E-state index is 13.5. The number of carbonyl (C=O) groups excluding carboxylic acids is 2. The number of nitrogens with zero attached hydrogens (tertiary/aromatic N) is 3. The summed E-state index contributed by atoms with van der Waals surface area (Å²) in [7, 11) is 1.61. The summed E-state index contributed by atoms with van der Waals surface area (Å²) in [6, 6.07) is 14.7. The third kappa shape index (κ3) is 3.36. The minimum absolute atomic E-state index is 0.0283. The molecule has 5 rings (SSSR count). The minimum atomic E-state index is -0.563. The molecule has 8 nitrogen and oxygen atoms in total. The molecule has 1 aliphatic heterocycles. The van der Waals surface area contributed by atoms with E-state index in [9.17, 15) is 14.4 Å². The summed E-state index contributed by atoms with van der Waals surface area (Å²) in [6.45, 7) is 1.23. The molecule has 2 heterocycles. The minimum Gasteiger partial charge on any atom is -0.497 e. The van der Waals surface area contributed by atoms with Crippen LogP contribution in [-0.2, 0) is 21.5 Å². The molecule has 32 heavy (non-hydrogen) atoms. The second-order valence-corrected chi connectivity index (χ2v) is 8.35. The van der Waals surface area contributed by atoms with Crippen molar-refractivity contribution >= 4 is 22.9 Å². The monoisotopic (exact) mass is 435 g/mol. The van der Waals surface area contributed by atoms with Crippen LogP contribution in [0.25, 0.3) is 11.1 Å². The number of aryl methyl sites for hydroxylation is 1. The Bertz CT molecular complexity index is 1220. The Labute approximate surface area is 184 Å². The largest absolute Gasteiger partial charge is 0.497 e. The van der Waals surface area contributed by atoms with E-state index in [4.69, 9.17) is 9.15 Å². The van der Waals surface area contributed by atoms with Crippen LogP contribution in [0.5, 0.6) is 5.75 Å². The van der Waals surface area contributed by atoms with Crippen molar-refractivity contribution in [3.63, 3.8) is 0 Å². The molecule has 8 heteroatoms. The number of rotatable bonds is 6. The zero-order valence-electron chi connectivity index (χ0n) is 18.0. The van der Waals surface area contributed by atoms with Gasteiger partial charge in [0.15, 0.2) is 5.58 Å². The first-order chi connectivity index (χ1) is 15.5. The van der Waals surface area contributed by atoms with E-state index < -0.39 is 11.2 Å². The van der Waals surface area contributed by atoms with Gasteiger partial charge in [-0.15, -0.1) is 0 Å². The van der Waals surface area contributed by atoms with Gasteiger partial charge >= 0.3 is 5.76 Å². The number of fused-ring (bicyclic) bond motifs is 1. The van der Waals surface area contributed by atoms with E-state index in [-0.39, 0.29) is 24.8 Å². The summed E-state index contributed by atoms with van der Waals surface area (Å²) in [5, 5.41) is 3.16. The lowest BCUT2D eigenvalue weighted by atomic mass is 9.94. The van der Waals surface area contributed by atoms with Crippen molar-refractivity contribution in [2.75, 3.05) is 20.2 Å². The van der Waals surface area contributed by atoms with Crippen molar-refractivity contribution in [1.82, 2.24) is 14.6 Å². The number of hydrogen-bond acceptors (Lipinski definition) is 5. The molecule has 1 saturated carbocycles. The van der Waals surface area contributed by atoms with E-state index in [1.807, 2.05) is 30.3 Å². The van der Waals surface area contributed by atoms with Crippen LogP contribution in [0.3, 0.4) is 0 Å². The lowest BCUT2D eigenvalue weighted by Gasteiger charge is -2.31. The summed E-state index contributed by atoms with van der Waals surface area (Å²) in [5.74, 6) is 0.0692. The summed E-state index contributed by atoms with van der Waals surface area (Å²) >= 11 is 0. The molecular formula is C24H25N3O5. The average molecular weight is 435 g/mol. The van der Waals surface area contributed by atoms with Crippen LogP contribution in [0.1, 0.15) is 31.2 Å². The smallest absolute Gasteiger partial charge is 0.419 e. The van der Waals surface area contributed by atoms with Gasteiger partial charge in [0.1, 0.15) is 5.75 Å². The molecule has 2 aromatic carbocycles. The number of aromatic nitrogens is 1. The number of para-hydroxylation sites is 2. The van der Waals surface area contributed by atoms with Gasteiger partial charge in [-0.25, -0.2) is 4.79 Å². The average Bonchev–Trinajstić information content (AvgIpc) is 3.36. The number of oxazole rings is 1. The summed E-state index contributed by atoms with van der Waals surface area (Å²) < 4.78 is 11.9. The van der Waals surface area contributed by atoms with Crippen LogP contribution in [0, 0.1) is 0 Å². The number of hydrazine groups is 1. The molecule has 2 aliphatic rings. The molecule has 3 aromatic rings. The van der Waals surface area contributed by atoms with E-state index in [0.29, 0.717) is 24.2 Å². The standard InChI is InChI=1S/C24H25N3O5/c1-31-18-9-7-17(8-10-18)24(12-13-24)22(29)27-15-4-14-26(27)21(28)11-16-25-19-5-2-3-6-20(19)32-23(25)30/h2-3,5-10H,4,11-16H2,1H3. The van der Waals surface area contributed by atoms with Gasteiger partial charge in [0, 0.05) is 26.1 Å². The third-order valence-electron chi connectivity index (χ3n) is 6.48. The van der Waals surface area contributed by atoms with E-state index >= 15 is 0 Å². The highest BCUT2D eigenvalue weighted by molar-refractivity contribution is 5.93. The number of benzene rings is 2. The summed E-state index contributed by atoms with van der Waals surface area (Å²) in [6.07, 6.45) is 2.40. The fourth-order valence-corrected chi connectivity index (χ4v) is 4.55.